The van der Waals surface area contributed by atoms with Crippen LogP contribution in [0.1, 0.15) is 11.6 Å². The lowest BCUT2D eigenvalue weighted by molar-refractivity contribution is -0.141. The van der Waals surface area contributed by atoms with Crippen molar-refractivity contribution in [2.45, 2.75) is 6.04 Å². The van der Waals surface area contributed by atoms with Gasteiger partial charge in [0.15, 0.2) is 6.04 Å². The van der Waals surface area contributed by atoms with Gasteiger partial charge in [-0.1, -0.05) is 44.0 Å². The van der Waals surface area contributed by atoms with E-state index in [1.165, 1.54) is 7.11 Å². The molecule has 0 spiro atoms. The lowest BCUT2D eigenvalue weighted by Gasteiger charge is -2.18. The Morgan fingerprint density at radius 3 is 2.40 bits per heavy atom. The van der Waals surface area contributed by atoms with Gasteiger partial charge >= 0.3 is 5.97 Å². The molecule has 0 aliphatic carbocycles. The Bertz CT molecular complexity index is 599. The minimum absolute atomic E-state index is 0.328. The third-order valence-corrected chi connectivity index (χ3v) is 3.80. The molecule has 104 valence electrons. The first-order chi connectivity index (χ1) is 9.60. The number of carbonyl (C=O) groups is 1. The molecule has 0 amide bonds. The lowest BCUT2D eigenvalue weighted by atomic mass is 10.1. The highest BCUT2D eigenvalue weighted by molar-refractivity contribution is 9.10. The molecule has 2 aromatic carbocycles. The van der Waals surface area contributed by atoms with Crippen LogP contribution in [0, 0.1) is 0 Å². The van der Waals surface area contributed by atoms with Gasteiger partial charge in [0.25, 0.3) is 0 Å². The molecule has 3 nitrogen and oxygen atoms in total. The molecule has 0 saturated heterocycles. The van der Waals surface area contributed by atoms with Gasteiger partial charge < -0.3 is 10.1 Å². The Kier molecular flexibility index (Phi) is 5.20. The quantitative estimate of drug-likeness (QED) is 0.768. The lowest BCUT2D eigenvalue weighted by Crippen LogP contribution is -2.22. The number of ether oxygens (including phenoxy) is 1. The molecule has 0 saturated carbocycles. The number of hydrogen-bond donors (Lipinski definition) is 1. The number of methoxy groups -OCH3 is 1. The average molecular weight is 399 g/mol. The zero-order chi connectivity index (χ0) is 14.5. The predicted octanol–water partition coefficient (Wildman–Crippen LogP) is 4.54. The van der Waals surface area contributed by atoms with Crippen molar-refractivity contribution in [3.8, 4) is 0 Å². The van der Waals surface area contributed by atoms with Crippen molar-refractivity contribution in [2.75, 3.05) is 12.4 Å². The van der Waals surface area contributed by atoms with Crippen LogP contribution in [0.25, 0.3) is 0 Å². The van der Waals surface area contributed by atoms with Crippen molar-refractivity contribution in [2.24, 2.45) is 0 Å². The largest absolute Gasteiger partial charge is 0.467 e. The smallest absolute Gasteiger partial charge is 0.332 e. The van der Waals surface area contributed by atoms with Crippen LogP contribution < -0.4 is 5.32 Å². The molecule has 1 N–H and O–H groups in total. The van der Waals surface area contributed by atoms with E-state index >= 15 is 0 Å². The topological polar surface area (TPSA) is 38.3 Å². The van der Waals surface area contributed by atoms with Crippen LogP contribution in [-0.2, 0) is 9.53 Å². The monoisotopic (exact) mass is 397 g/mol. The number of anilines is 1. The fourth-order valence-electron chi connectivity index (χ4n) is 1.80. The molecule has 2 rings (SSSR count). The van der Waals surface area contributed by atoms with E-state index < -0.39 is 6.04 Å². The van der Waals surface area contributed by atoms with Gasteiger partial charge in [0, 0.05) is 14.6 Å². The number of benzene rings is 2. The third-order valence-electron chi connectivity index (χ3n) is 2.77. The number of hydrogen-bond acceptors (Lipinski definition) is 3. The summed E-state index contributed by atoms with van der Waals surface area (Å²) >= 11 is 6.79. The van der Waals surface area contributed by atoms with Crippen LogP contribution >= 0.6 is 31.9 Å². The molecule has 0 aromatic heterocycles. The standard InChI is InChI=1S/C15H13Br2NO2/c1-20-15(19)14(10-3-2-4-12(17)9-10)18-13-7-5-11(16)6-8-13/h2-9,14,18H,1H3. The molecule has 0 bridgehead atoms. The van der Waals surface area contributed by atoms with Gasteiger partial charge in [-0.05, 0) is 42.0 Å². The van der Waals surface area contributed by atoms with E-state index in [2.05, 4.69) is 37.2 Å². The van der Waals surface area contributed by atoms with Crippen LogP contribution in [-0.4, -0.2) is 13.1 Å². The predicted molar refractivity (Wildman–Crippen MR) is 86.7 cm³/mol. The summed E-state index contributed by atoms with van der Waals surface area (Å²) in [7, 11) is 1.39. The number of halogens is 2. The molecule has 5 heteroatoms. The molecule has 0 fully saturated rings. The molecule has 0 aliphatic heterocycles. The minimum atomic E-state index is -0.543. The van der Waals surface area contributed by atoms with Crippen LogP contribution in [0.15, 0.2) is 57.5 Å². The summed E-state index contributed by atoms with van der Waals surface area (Å²) in [5, 5.41) is 3.18. The Hall–Kier alpha value is -1.33. The second kappa shape index (κ2) is 6.90. The number of esters is 1. The van der Waals surface area contributed by atoms with E-state index in [-0.39, 0.29) is 5.97 Å². The molecular formula is C15H13Br2NO2. The average Bonchev–Trinajstić information content (AvgIpc) is 2.46. The van der Waals surface area contributed by atoms with Crippen LogP contribution in [0.2, 0.25) is 0 Å². The number of carbonyl (C=O) groups excluding carboxylic acids is 1. The van der Waals surface area contributed by atoms with Gasteiger partial charge in [0.2, 0.25) is 0 Å². The first-order valence-electron chi connectivity index (χ1n) is 5.95. The summed E-state index contributed by atoms with van der Waals surface area (Å²) < 4.78 is 6.78. The number of nitrogens with one attached hydrogen (secondary N) is 1. The summed E-state index contributed by atoms with van der Waals surface area (Å²) in [5.41, 5.74) is 1.69. The van der Waals surface area contributed by atoms with Crippen LogP contribution in [0.5, 0.6) is 0 Å². The molecule has 2 aromatic rings. The maximum Gasteiger partial charge on any atom is 0.332 e. The van der Waals surface area contributed by atoms with E-state index in [0.29, 0.717) is 0 Å². The van der Waals surface area contributed by atoms with Gasteiger partial charge in [0.05, 0.1) is 7.11 Å². The highest BCUT2D eigenvalue weighted by atomic mass is 79.9. The second-order valence-electron chi connectivity index (χ2n) is 4.16. The third kappa shape index (κ3) is 3.84. The first kappa shape index (κ1) is 15.1. The fourth-order valence-corrected chi connectivity index (χ4v) is 2.48. The van der Waals surface area contributed by atoms with E-state index in [1.54, 1.807) is 0 Å². The second-order valence-corrected chi connectivity index (χ2v) is 5.99. The van der Waals surface area contributed by atoms with E-state index in [1.807, 2.05) is 48.5 Å². The summed E-state index contributed by atoms with van der Waals surface area (Å²) in [4.78, 5) is 12.0. The molecule has 0 aliphatic rings. The Labute approximate surface area is 134 Å². The summed E-state index contributed by atoms with van der Waals surface area (Å²) in [5.74, 6) is -0.328. The van der Waals surface area contributed by atoms with Crippen molar-refractivity contribution in [3.63, 3.8) is 0 Å². The minimum Gasteiger partial charge on any atom is -0.467 e. The fraction of sp³-hybridized carbons (Fsp3) is 0.133. The maximum absolute atomic E-state index is 12.0. The molecular weight excluding hydrogens is 386 g/mol. The van der Waals surface area contributed by atoms with Gasteiger partial charge in [-0.3, -0.25) is 0 Å². The van der Waals surface area contributed by atoms with Crippen molar-refractivity contribution in [3.05, 3.63) is 63.0 Å². The molecule has 1 unspecified atom stereocenters. The molecule has 1 atom stereocenters. The Balaban J connectivity index is 2.28. The Morgan fingerprint density at radius 2 is 1.80 bits per heavy atom. The highest BCUT2D eigenvalue weighted by Crippen LogP contribution is 2.24. The first-order valence-corrected chi connectivity index (χ1v) is 7.54. The maximum atomic E-state index is 12.0. The van der Waals surface area contributed by atoms with Gasteiger partial charge in [-0.2, -0.15) is 0 Å². The van der Waals surface area contributed by atoms with Crippen molar-refractivity contribution >= 4 is 43.5 Å². The van der Waals surface area contributed by atoms with Crippen molar-refractivity contribution in [1.82, 2.24) is 0 Å². The summed E-state index contributed by atoms with van der Waals surface area (Å²) in [6.45, 7) is 0. The van der Waals surface area contributed by atoms with Gasteiger partial charge in [0.1, 0.15) is 0 Å². The number of rotatable bonds is 4. The van der Waals surface area contributed by atoms with Crippen molar-refractivity contribution < 1.29 is 9.53 Å². The SMILES string of the molecule is COC(=O)C(Nc1ccc(Br)cc1)c1cccc(Br)c1. The summed E-state index contributed by atoms with van der Waals surface area (Å²) in [6, 6.07) is 14.7. The van der Waals surface area contributed by atoms with Crippen molar-refractivity contribution in [1.29, 1.82) is 0 Å². The molecule has 0 heterocycles. The van der Waals surface area contributed by atoms with E-state index in [9.17, 15) is 4.79 Å². The zero-order valence-corrected chi connectivity index (χ0v) is 13.9. The Morgan fingerprint density at radius 1 is 1.10 bits per heavy atom. The van der Waals surface area contributed by atoms with Gasteiger partial charge in [-0.25, -0.2) is 4.79 Å². The zero-order valence-electron chi connectivity index (χ0n) is 10.8. The molecule has 20 heavy (non-hydrogen) atoms. The molecule has 0 radical (unpaired) electrons. The van der Waals surface area contributed by atoms with Gasteiger partial charge in [-0.15, -0.1) is 0 Å². The normalized spacial score (nSPS) is 11.8. The van der Waals surface area contributed by atoms with E-state index in [0.717, 1.165) is 20.2 Å². The highest BCUT2D eigenvalue weighted by Gasteiger charge is 2.21. The van der Waals surface area contributed by atoms with E-state index in [4.69, 9.17) is 4.74 Å². The summed E-state index contributed by atoms with van der Waals surface area (Å²) in [6.07, 6.45) is 0. The van der Waals surface area contributed by atoms with Crippen LogP contribution in [0.4, 0.5) is 5.69 Å². The van der Waals surface area contributed by atoms with Crippen LogP contribution in [0.3, 0.4) is 0 Å².